The summed E-state index contributed by atoms with van der Waals surface area (Å²) in [6.07, 6.45) is -3.02. The molecule has 2 aromatic carbocycles. The first kappa shape index (κ1) is 24.2. The summed E-state index contributed by atoms with van der Waals surface area (Å²) in [5.41, 5.74) is -0.110. The Balaban J connectivity index is 2.11. The second-order valence-corrected chi connectivity index (χ2v) is 8.87. The maximum atomic E-state index is 13.9. The molecule has 0 spiro atoms. The number of aromatic nitrogens is 2. The first-order valence-corrected chi connectivity index (χ1v) is 11.4. The van der Waals surface area contributed by atoms with Crippen molar-refractivity contribution in [2.24, 2.45) is 0 Å². The van der Waals surface area contributed by atoms with Gasteiger partial charge in [-0.25, -0.2) is 14.4 Å². The van der Waals surface area contributed by atoms with Crippen molar-refractivity contribution in [2.75, 3.05) is 11.6 Å². The van der Waals surface area contributed by atoms with Crippen LogP contribution >= 0.6 is 27.7 Å². The molecule has 1 heterocycles. The predicted molar refractivity (Wildman–Crippen MR) is 120 cm³/mol. The number of carbonyl (C=O) groups is 1. The van der Waals surface area contributed by atoms with Crippen LogP contribution in [0.2, 0.25) is 0 Å². The molecule has 0 aliphatic rings. The predicted octanol–water partition coefficient (Wildman–Crippen LogP) is 7.16. The van der Waals surface area contributed by atoms with E-state index >= 15 is 0 Å². The van der Waals surface area contributed by atoms with Crippen molar-refractivity contribution in [3.05, 3.63) is 69.6 Å². The Kier molecular flexibility index (Phi) is 7.24. The molecule has 4 nitrogen and oxygen atoms in total. The number of carbonyl (C=O) groups excluding carboxylic acids is 1. The Morgan fingerprint density at radius 3 is 2.31 bits per heavy atom. The highest BCUT2D eigenvalue weighted by Gasteiger charge is 2.32. The normalized spacial score (nSPS) is 11.7. The average Bonchev–Trinajstić information content (AvgIpc) is 2.73. The number of anilines is 1. The third-order valence-corrected chi connectivity index (χ3v) is 5.67. The molecule has 0 fully saturated rings. The second kappa shape index (κ2) is 9.58. The molecule has 1 amide bonds. The number of nitrogens with zero attached hydrogens (tertiary/aromatic N) is 2. The fraction of sp³-hybridized carbons (Fsp3) is 0.227. The van der Waals surface area contributed by atoms with Crippen molar-refractivity contribution in [3.8, 4) is 11.4 Å². The number of alkyl halides is 3. The summed E-state index contributed by atoms with van der Waals surface area (Å²) in [6.45, 7) is 3.61. The van der Waals surface area contributed by atoms with Gasteiger partial charge in [-0.05, 0) is 54.6 Å². The van der Waals surface area contributed by atoms with Crippen molar-refractivity contribution in [3.63, 3.8) is 0 Å². The molecule has 0 saturated carbocycles. The Bertz CT molecular complexity index is 1150. The summed E-state index contributed by atoms with van der Waals surface area (Å²) >= 11 is 4.49. The first-order chi connectivity index (χ1) is 15.0. The summed E-state index contributed by atoms with van der Waals surface area (Å²) in [7, 11) is 0. The Hall–Kier alpha value is -2.46. The summed E-state index contributed by atoms with van der Waals surface area (Å²) in [6, 6.07) is 9.15. The van der Waals surface area contributed by atoms with Crippen LogP contribution < -0.4 is 5.32 Å². The van der Waals surface area contributed by atoms with Gasteiger partial charge < -0.3 is 5.32 Å². The molecule has 0 bridgehead atoms. The minimum Gasteiger partial charge on any atom is -0.322 e. The Morgan fingerprint density at radius 2 is 1.75 bits per heavy atom. The molecule has 10 heteroatoms. The molecule has 0 unspecified atom stereocenters. The van der Waals surface area contributed by atoms with Crippen LogP contribution in [-0.4, -0.2) is 22.1 Å². The zero-order valence-corrected chi connectivity index (χ0v) is 19.6. The standard InChI is InChI=1S/C22H18BrF4N3OS/c1-11(2)18-17(20(31)28-16-6-4-14(23)5-7-16)21(32-3)30-19(29-18)12-8-13(22(25,26)27)10-15(24)9-12/h4-11H,1-3H3,(H,28,31). The summed E-state index contributed by atoms with van der Waals surface area (Å²) < 4.78 is 54.2. The Labute approximate surface area is 195 Å². The summed E-state index contributed by atoms with van der Waals surface area (Å²) in [4.78, 5) is 21.7. The van der Waals surface area contributed by atoms with E-state index in [-0.39, 0.29) is 27.9 Å². The number of benzene rings is 2. The van der Waals surface area contributed by atoms with Crippen LogP contribution in [0.4, 0.5) is 23.2 Å². The van der Waals surface area contributed by atoms with Crippen LogP contribution in [0.3, 0.4) is 0 Å². The third kappa shape index (κ3) is 5.47. The fourth-order valence-corrected chi connectivity index (χ4v) is 3.82. The van der Waals surface area contributed by atoms with E-state index in [1.54, 1.807) is 44.4 Å². The SMILES string of the molecule is CSc1nc(-c2cc(F)cc(C(F)(F)F)c2)nc(C(C)C)c1C(=O)Nc1ccc(Br)cc1. The van der Waals surface area contributed by atoms with Crippen LogP contribution in [0.1, 0.15) is 41.4 Å². The van der Waals surface area contributed by atoms with Gasteiger partial charge in [0.05, 0.1) is 16.8 Å². The van der Waals surface area contributed by atoms with Gasteiger partial charge in [0.1, 0.15) is 10.8 Å². The maximum absolute atomic E-state index is 13.9. The molecular formula is C22H18BrF4N3OS. The second-order valence-electron chi connectivity index (χ2n) is 7.16. The van der Waals surface area contributed by atoms with Gasteiger partial charge in [0.2, 0.25) is 0 Å². The molecule has 3 aromatic rings. The van der Waals surface area contributed by atoms with Crippen molar-refractivity contribution >= 4 is 39.3 Å². The number of hydrogen-bond acceptors (Lipinski definition) is 4. The zero-order chi connectivity index (χ0) is 23.6. The molecule has 0 radical (unpaired) electrons. The number of rotatable bonds is 5. The van der Waals surface area contributed by atoms with Crippen molar-refractivity contribution in [1.29, 1.82) is 0 Å². The van der Waals surface area contributed by atoms with Crippen molar-refractivity contribution < 1.29 is 22.4 Å². The van der Waals surface area contributed by atoms with Gasteiger partial charge in [-0.15, -0.1) is 11.8 Å². The molecule has 1 aromatic heterocycles. The lowest BCUT2D eigenvalue weighted by Crippen LogP contribution is -2.19. The van der Waals surface area contributed by atoms with E-state index in [0.717, 1.165) is 28.4 Å². The quantitative estimate of drug-likeness (QED) is 0.217. The molecular weight excluding hydrogens is 510 g/mol. The molecule has 3 rings (SSSR count). The van der Waals surface area contributed by atoms with Gasteiger partial charge in [-0.2, -0.15) is 13.2 Å². The largest absolute Gasteiger partial charge is 0.416 e. The van der Waals surface area contributed by atoms with Gasteiger partial charge >= 0.3 is 6.18 Å². The van der Waals surface area contributed by atoms with Gasteiger partial charge in [-0.3, -0.25) is 4.79 Å². The maximum Gasteiger partial charge on any atom is 0.416 e. The number of hydrogen-bond donors (Lipinski definition) is 1. The molecule has 1 N–H and O–H groups in total. The summed E-state index contributed by atoms with van der Waals surface area (Å²) in [5.74, 6) is -1.82. The number of nitrogens with one attached hydrogen (secondary N) is 1. The van der Waals surface area contributed by atoms with Gasteiger partial charge in [0.15, 0.2) is 5.82 Å². The van der Waals surface area contributed by atoms with Crippen LogP contribution in [-0.2, 0) is 6.18 Å². The van der Waals surface area contributed by atoms with Crippen molar-refractivity contribution in [1.82, 2.24) is 9.97 Å². The van der Waals surface area contributed by atoms with Crippen LogP contribution in [0, 0.1) is 5.82 Å². The van der Waals surface area contributed by atoms with E-state index < -0.39 is 23.5 Å². The molecule has 0 aliphatic carbocycles. The summed E-state index contributed by atoms with van der Waals surface area (Å²) in [5, 5.41) is 3.07. The smallest absolute Gasteiger partial charge is 0.322 e. The molecule has 0 saturated heterocycles. The van der Waals surface area contributed by atoms with E-state index in [1.165, 1.54) is 0 Å². The van der Waals surface area contributed by atoms with E-state index in [2.05, 4.69) is 31.2 Å². The highest BCUT2D eigenvalue weighted by Crippen LogP contribution is 2.34. The monoisotopic (exact) mass is 527 g/mol. The van der Waals surface area contributed by atoms with E-state index in [1.807, 2.05) is 0 Å². The van der Waals surface area contributed by atoms with Crippen LogP contribution in [0.15, 0.2) is 52.0 Å². The highest BCUT2D eigenvalue weighted by atomic mass is 79.9. The van der Waals surface area contributed by atoms with Crippen LogP contribution in [0.25, 0.3) is 11.4 Å². The van der Waals surface area contributed by atoms with E-state index in [0.29, 0.717) is 17.4 Å². The third-order valence-electron chi connectivity index (χ3n) is 4.46. The fourth-order valence-electron chi connectivity index (χ4n) is 2.97. The highest BCUT2D eigenvalue weighted by molar-refractivity contribution is 9.10. The zero-order valence-electron chi connectivity index (χ0n) is 17.2. The van der Waals surface area contributed by atoms with Gasteiger partial charge in [0, 0.05) is 15.7 Å². The minimum absolute atomic E-state index is 0.0803. The minimum atomic E-state index is -4.72. The van der Waals surface area contributed by atoms with E-state index in [4.69, 9.17) is 0 Å². The lowest BCUT2D eigenvalue weighted by Gasteiger charge is -2.17. The lowest BCUT2D eigenvalue weighted by molar-refractivity contribution is -0.137. The lowest BCUT2D eigenvalue weighted by atomic mass is 10.0. The molecule has 0 aliphatic heterocycles. The first-order valence-electron chi connectivity index (χ1n) is 9.40. The number of thioether (sulfide) groups is 1. The molecule has 168 valence electrons. The Morgan fingerprint density at radius 1 is 1.09 bits per heavy atom. The number of halogens is 5. The van der Waals surface area contributed by atoms with Crippen LogP contribution in [0.5, 0.6) is 0 Å². The van der Waals surface area contributed by atoms with Gasteiger partial charge in [0.25, 0.3) is 5.91 Å². The molecule has 0 atom stereocenters. The number of amides is 1. The average molecular weight is 528 g/mol. The van der Waals surface area contributed by atoms with E-state index in [9.17, 15) is 22.4 Å². The molecule has 32 heavy (non-hydrogen) atoms. The van der Waals surface area contributed by atoms with Gasteiger partial charge in [-0.1, -0.05) is 29.8 Å². The van der Waals surface area contributed by atoms with Crippen molar-refractivity contribution in [2.45, 2.75) is 31.0 Å². The topological polar surface area (TPSA) is 54.9 Å².